The standard InChI is InChI=1S/C10H16NO3P/c1-8-4-6-9(7-5-8)10(11)15(12,13-2)14-3/h4-7,10H,11H2,1-3H3. The van der Waals surface area contributed by atoms with Crippen LogP contribution in [0.5, 0.6) is 0 Å². The van der Waals surface area contributed by atoms with E-state index in [1.807, 2.05) is 31.2 Å². The largest absolute Gasteiger partial charge is 0.351 e. The molecule has 5 heteroatoms. The van der Waals surface area contributed by atoms with Crippen LogP contribution in [0.1, 0.15) is 16.9 Å². The van der Waals surface area contributed by atoms with E-state index in [0.717, 1.165) is 11.1 Å². The Morgan fingerprint density at radius 1 is 1.20 bits per heavy atom. The molecule has 0 saturated carbocycles. The minimum Gasteiger partial charge on any atom is -0.314 e. The lowest BCUT2D eigenvalue weighted by Gasteiger charge is -2.20. The fraction of sp³-hybridized carbons (Fsp3) is 0.400. The number of aryl methyl sites for hydroxylation is 1. The fourth-order valence-electron chi connectivity index (χ4n) is 1.25. The van der Waals surface area contributed by atoms with E-state index in [1.54, 1.807) is 0 Å². The molecule has 0 aliphatic carbocycles. The van der Waals surface area contributed by atoms with Gasteiger partial charge in [-0.15, -0.1) is 0 Å². The van der Waals surface area contributed by atoms with Crippen LogP contribution < -0.4 is 5.73 Å². The van der Waals surface area contributed by atoms with E-state index in [9.17, 15) is 4.57 Å². The SMILES string of the molecule is COP(=O)(OC)C(N)c1ccc(C)cc1. The van der Waals surface area contributed by atoms with Crippen molar-refractivity contribution in [2.24, 2.45) is 5.73 Å². The summed E-state index contributed by atoms with van der Waals surface area (Å²) in [5, 5.41) is 0. The predicted octanol–water partition coefficient (Wildman–Crippen LogP) is 2.44. The average Bonchev–Trinajstić information content (AvgIpc) is 2.28. The van der Waals surface area contributed by atoms with Crippen molar-refractivity contribution >= 4 is 7.60 Å². The number of rotatable bonds is 4. The second-order valence-electron chi connectivity index (χ2n) is 3.26. The monoisotopic (exact) mass is 229 g/mol. The van der Waals surface area contributed by atoms with Gasteiger partial charge < -0.3 is 14.8 Å². The second-order valence-corrected chi connectivity index (χ2v) is 5.63. The zero-order valence-corrected chi connectivity index (χ0v) is 10.0. The van der Waals surface area contributed by atoms with E-state index in [-0.39, 0.29) is 0 Å². The van der Waals surface area contributed by atoms with E-state index < -0.39 is 13.4 Å². The molecule has 84 valence electrons. The molecule has 4 nitrogen and oxygen atoms in total. The molecule has 2 N–H and O–H groups in total. The van der Waals surface area contributed by atoms with Crippen molar-refractivity contribution in [1.82, 2.24) is 0 Å². The minimum absolute atomic E-state index is 0.743. The van der Waals surface area contributed by atoms with Gasteiger partial charge in [0.05, 0.1) is 0 Å². The molecule has 1 aromatic carbocycles. The van der Waals surface area contributed by atoms with Crippen LogP contribution in [0.25, 0.3) is 0 Å². The number of hydrogen-bond donors (Lipinski definition) is 1. The van der Waals surface area contributed by atoms with Crippen molar-refractivity contribution in [3.63, 3.8) is 0 Å². The summed E-state index contributed by atoms with van der Waals surface area (Å²) >= 11 is 0. The number of benzene rings is 1. The molecular formula is C10H16NO3P. The van der Waals surface area contributed by atoms with Gasteiger partial charge >= 0.3 is 7.60 Å². The lowest BCUT2D eigenvalue weighted by Crippen LogP contribution is -2.13. The Kier molecular flexibility index (Phi) is 4.05. The third kappa shape index (κ3) is 2.67. The van der Waals surface area contributed by atoms with Crippen LogP contribution in [-0.2, 0) is 13.6 Å². The summed E-state index contributed by atoms with van der Waals surface area (Å²) in [6.45, 7) is 1.97. The lowest BCUT2D eigenvalue weighted by molar-refractivity contribution is 0.266. The van der Waals surface area contributed by atoms with E-state index in [1.165, 1.54) is 14.2 Å². The van der Waals surface area contributed by atoms with Crippen molar-refractivity contribution < 1.29 is 13.6 Å². The first-order valence-corrected chi connectivity index (χ1v) is 6.18. The molecule has 1 atom stereocenters. The van der Waals surface area contributed by atoms with Gasteiger partial charge in [-0.2, -0.15) is 0 Å². The molecular weight excluding hydrogens is 213 g/mol. The van der Waals surface area contributed by atoms with Crippen LogP contribution in [0.2, 0.25) is 0 Å². The Hall–Kier alpha value is -0.670. The first-order chi connectivity index (χ1) is 7.03. The topological polar surface area (TPSA) is 61.5 Å². The summed E-state index contributed by atoms with van der Waals surface area (Å²) < 4.78 is 21.7. The van der Waals surface area contributed by atoms with E-state index in [4.69, 9.17) is 14.8 Å². The summed E-state index contributed by atoms with van der Waals surface area (Å²) in [4.78, 5) is 0. The highest BCUT2D eigenvalue weighted by atomic mass is 31.2. The van der Waals surface area contributed by atoms with Crippen LogP contribution in [0, 0.1) is 6.92 Å². The maximum absolute atomic E-state index is 12.0. The van der Waals surface area contributed by atoms with Crippen LogP contribution in [0.4, 0.5) is 0 Å². The molecule has 0 amide bonds. The minimum atomic E-state index is -3.23. The molecule has 0 aromatic heterocycles. The molecule has 0 heterocycles. The molecule has 0 bridgehead atoms. The molecule has 0 aliphatic rings. The Morgan fingerprint density at radius 3 is 2.07 bits per heavy atom. The van der Waals surface area contributed by atoms with Gasteiger partial charge in [-0.1, -0.05) is 29.8 Å². The van der Waals surface area contributed by atoms with Crippen LogP contribution in [0.3, 0.4) is 0 Å². The van der Waals surface area contributed by atoms with E-state index >= 15 is 0 Å². The van der Waals surface area contributed by atoms with Crippen molar-refractivity contribution in [1.29, 1.82) is 0 Å². The molecule has 0 aliphatic heterocycles. The van der Waals surface area contributed by atoms with Gasteiger partial charge in [0, 0.05) is 14.2 Å². The van der Waals surface area contributed by atoms with Crippen molar-refractivity contribution in [3.05, 3.63) is 35.4 Å². The Labute approximate surface area is 89.9 Å². The second kappa shape index (κ2) is 4.90. The first kappa shape index (κ1) is 12.4. The number of nitrogens with two attached hydrogens (primary N) is 1. The smallest absolute Gasteiger partial charge is 0.314 e. The molecule has 1 aromatic rings. The number of hydrogen-bond acceptors (Lipinski definition) is 4. The summed E-state index contributed by atoms with van der Waals surface area (Å²) in [6, 6.07) is 7.46. The van der Waals surface area contributed by atoms with Gasteiger partial charge in [-0.25, -0.2) is 0 Å². The van der Waals surface area contributed by atoms with Gasteiger partial charge in [0.1, 0.15) is 5.78 Å². The Morgan fingerprint density at radius 2 is 1.67 bits per heavy atom. The average molecular weight is 229 g/mol. The highest BCUT2D eigenvalue weighted by Gasteiger charge is 2.31. The Bertz CT molecular complexity index is 355. The van der Waals surface area contributed by atoms with Gasteiger partial charge in [-0.3, -0.25) is 4.57 Å². The molecule has 0 fully saturated rings. The maximum atomic E-state index is 12.0. The van der Waals surface area contributed by atoms with Gasteiger partial charge in [0.15, 0.2) is 0 Å². The van der Waals surface area contributed by atoms with Crippen molar-refractivity contribution in [2.45, 2.75) is 12.7 Å². The molecule has 0 spiro atoms. The van der Waals surface area contributed by atoms with Crippen molar-refractivity contribution in [3.8, 4) is 0 Å². The molecule has 0 saturated heterocycles. The normalized spacial score (nSPS) is 13.9. The predicted molar refractivity (Wildman–Crippen MR) is 59.7 cm³/mol. The van der Waals surface area contributed by atoms with Crippen LogP contribution in [-0.4, -0.2) is 14.2 Å². The van der Waals surface area contributed by atoms with E-state index in [2.05, 4.69) is 0 Å². The molecule has 1 unspecified atom stereocenters. The van der Waals surface area contributed by atoms with Crippen LogP contribution >= 0.6 is 7.60 Å². The summed E-state index contributed by atoms with van der Waals surface area (Å²) in [7, 11) is -0.568. The third-order valence-corrected chi connectivity index (χ3v) is 4.27. The maximum Gasteiger partial charge on any atom is 0.351 e. The molecule has 15 heavy (non-hydrogen) atoms. The highest BCUT2D eigenvalue weighted by molar-refractivity contribution is 7.54. The highest BCUT2D eigenvalue weighted by Crippen LogP contribution is 2.56. The van der Waals surface area contributed by atoms with Gasteiger partial charge in [0.2, 0.25) is 0 Å². The summed E-state index contributed by atoms with van der Waals surface area (Å²) in [5.41, 5.74) is 7.70. The summed E-state index contributed by atoms with van der Waals surface area (Å²) in [5.74, 6) is -0.743. The Balaban J connectivity index is 2.98. The quantitative estimate of drug-likeness (QED) is 0.805. The van der Waals surface area contributed by atoms with E-state index in [0.29, 0.717) is 0 Å². The third-order valence-electron chi connectivity index (χ3n) is 2.27. The fourth-order valence-corrected chi connectivity index (χ4v) is 2.39. The lowest BCUT2D eigenvalue weighted by atomic mass is 10.1. The van der Waals surface area contributed by atoms with Gasteiger partial charge in [-0.05, 0) is 12.5 Å². The zero-order valence-electron chi connectivity index (χ0n) is 9.14. The van der Waals surface area contributed by atoms with Gasteiger partial charge in [0.25, 0.3) is 0 Å². The summed E-state index contributed by atoms with van der Waals surface area (Å²) in [6.07, 6.45) is 0. The van der Waals surface area contributed by atoms with Crippen molar-refractivity contribution in [2.75, 3.05) is 14.2 Å². The first-order valence-electron chi connectivity index (χ1n) is 4.57. The zero-order chi connectivity index (χ0) is 11.5. The van der Waals surface area contributed by atoms with Crippen LogP contribution in [0.15, 0.2) is 24.3 Å². The molecule has 1 rings (SSSR count). The molecule has 0 radical (unpaired) electrons.